The van der Waals surface area contributed by atoms with Crippen molar-refractivity contribution in [3.63, 3.8) is 0 Å². The minimum atomic E-state index is -3.49. The zero-order valence-corrected chi connectivity index (χ0v) is 17.5. The van der Waals surface area contributed by atoms with Gasteiger partial charge in [-0.3, -0.25) is 0 Å². The third-order valence-corrected chi connectivity index (χ3v) is 7.32. The summed E-state index contributed by atoms with van der Waals surface area (Å²) in [5.41, 5.74) is 2.95. The second-order valence-corrected chi connectivity index (χ2v) is 10.2. The summed E-state index contributed by atoms with van der Waals surface area (Å²) >= 11 is 0. The summed E-state index contributed by atoms with van der Waals surface area (Å²) in [5, 5.41) is 4.59. The van der Waals surface area contributed by atoms with Crippen LogP contribution in [0.25, 0.3) is 5.69 Å². The van der Waals surface area contributed by atoms with Crippen molar-refractivity contribution in [2.45, 2.75) is 45.6 Å². The molecule has 1 saturated heterocycles. The monoisotopic (exact) mass is 404 g/mol. The molecule has 1 fully saturated rings. The lowest BCUT2D eigenvalue weighted by Gasteiger charge is -2.36. The molecule has 1 aliphatic heterocycles. The van der Waals surface area contributed by atoms with Crippen LogP contribution < -0.4 is 9.46 Å². The first-order chi connectivity index (χ1) is 13.3. The first-order valence-electron chi connectivity index (χ1n) is 9.78. The van der Waals surface area contributed by atoms with Gasteiger partial charge in [0.1, 0.15) is 5.75 Å². The van der Waals surface area contributed by atoms with Crippen molar-refractivity contribution in [3.05, 3.63) is 41.7 Å². The van der Waals surface area contributed by atoms with E-state index >= 15 is 0 Å². The highest BCUT2D eigenvalue weighted by Crippen LogP contribution is 2.42. The summed E-state index contributed by atoms with van der Waals surface area (Å²) in [6.07, 6.45) is 5.26. The van der Waals surface area contributed by atoms with Crippen LogP contribution in [0.1, 0.15) is 50.4 Å². The number of hydrogen-bond donors (Lipinski definition) is 1. The van der Waals surface area contributed by atoms with E-state index in [1.807, 2.05) is 35.1 Å². The SMILES string of the molecule is COc1ccc(-n2ncc3c2CC(C)(C)C[C@@H]3NS(=O)(=O)N2CCCC2)cc1. The second kappa shape index (κ2) is 7.17. The van der Waals surface area contributed by atoms with Crippen molar-refractivity contribution in [1.82, 2.24) is 18.8 Å². The molecule has 152 valence electrons. The number of ether oxygens (including phenoxy) is 1. The van der Waals surface area contributed by atoms with E-state index in [1.54, 1.807) is 11.4 Å². The summed E-state index contributed by atoms with van der Waals surface area (Å²) in [5.74, 6) is 0.793. The molecule has 2 aromatic rings. The zero-order chi connectivity index (χ0) is 19.9. The van der Waals surface area contributed by atoms with Crippen LogP contribution in [0, 0.1) is 5.41 Å². The second-order valence-electron chi connectivity index (χ2n) is 8.48. The Morgan fingerprint density at radius 2 is 1.86 bits per heavy atom. The highest BCUT2D eigenvalue weighted by atomic mass is 32.2. The van der Waals surface area contributed by atoms with E-state index in [9.17, 15) is 8.42 Å². The van der Waals surface area contributed by atoms with Crippen LogP contribution in [0.5, 0.6) is 5.75 Å². The van der Waals surface area contributed by atoms with E-state index < -0.39 is 10.2 Å². The summed E-state index contributed by atoms with van der Waals surface area (Å²) in [6, 6.07) is 7.49. The van der Waals surface area contributed by atoms with E-state index in [4.69, 9.17) is 4.74 Å². The van der Waals surface area contributed by atoms with Gasteiger partial charge in [-0.25, -0.2) is 4.68 Å². The molecule has 0 spiro atoms. The first kappa shape index (κ1) is 19.4. The number of methoxy groups -OCH3 is 1. The standard InChI is InChI=1S/C20H28N4O3S/c1-20(2)12-18(22-28(25,26)23-10-4-5-11-23)17-14-21-24(19(17)13-20)15-6-8-16(27-3)9-7-15/h6-9,14,18,22H,4-5,10-13H2,1-3H3/t18-/m0/s1. The molecule has 28 heavy (non-hydrogen) atoms. The van der Waals surface area contributed by atoms with Crippen LogP contribution in [-0.2, 0) is 16.6 Å². The molecule has 1 N–H and O–H groups in total. The van der Waals surface area contributed by atoms with E-state index in [1.165, 1.54) is 0 Å². The van der Waals surface area contributed by atoms with Gasteiger partial charge < -0.3 is 4.74 Å². The van der Waals surface area contributed by atoms with Crippen molar-refractivity contribution in [2.24, 2.45) is 5.41 Å². The highest BCUT2D eigenvalue weighted by molar-refractivity contribution is 7.87. The maximum absolute atomic E-state index is 12.8. The summed E-state index contributed by atoms with van der Waals surface area (Å²) in [7, 11) is -1.84. The molecule has 1 aliphatic carbocycles. The zero-order valence-electron chi connectivity index (χ0n) is 16.7. The Labute approximate surface area is 166 Å². The van der Waals surface area contributed by atoms with Gasteiger partial charge in [0.05, 0.1) is 25.0 Å². The van der Waals surface area contributed by atoms with Crippen molar-refractivity contribution < 1.29 is 13.2 Å². The van der Waals surface area contributed by atoms with Crippen molar-refractivity contribution in [3.8, 4) is 11.4 Å². The summed E-state index contributed by atoms with van der Waals surface area (Å²) in [4.78, 5) is 0. The Bertz CT molecular complexity index is 944. The molecule has 4 rings (SSSR count). The fourth-order valence-electron chi connectivity index (χ4n) is 4.28. The first-order valence-corrected chi connectivity index (χ1v) is 11.2. The number of hydrogen-bond acceptors (Lipinski definition) is 4. The Morgan fingerprint density at radius 1 is 1.18 bits per heavy atom. The van der Waals surface area contributed by atoms with E-state index in [-0.39, 0.29) is 11.5 Å². The summed E-state index contributed by atoms with van der Waals surface area (Å²) in [6.45, 7) is 5.56. The van der Waals surface area contributed by atoms with Gasteiger partial charge in [0.2, 0.25) is 0 Å². The average molecular weight is 405 g/mol. The molecule has 0 unspecified atom stereocenters. The maximum atomic E-state index is 12.8. The predicted octanol–water partition coefficient (Wildman–Crippen LogP) is 2.82. The lowest BCUT2D eigenvalue weighted by Crippen LogP contribution is -2.43. The molecule has 7 nitrogen and oxygen atoms in total. The largest absolute Gasteiger partial charge is 0.497 e. The summed E-state index contributed by atoms with van der Waals surface area (Å²) < 4.78 is 37.4. The van der Waals surface area contributed by atoms with Gasteiger partial charge >= 0.3 is 0 Å². The molecule has 1 atom stereocenters. The fourth-order valence-corrected chi connectivity index (χ4v) is 5.73. The fraction of sp³-hybridized carbons (Fsp3) is 0.550. The number of aromatic nitrogens is 2. The van der Waals surface area contributed by atoms with Gasteiger partial charge in [0.25, 0.3) is 10.2 Å². The van der Waals surface area contributed by atoms with E-state index in [0.29, 0.717) is 13.1 Å². The number of rotatable bonds is 5. The molecule has 8 heteroatoms. The Kier molecular flexibility index (Phi) is 4.97. The smallest absolute Gasteiger partial charge is 0.280 e. The minimum absolute atomic E-state index is 0.0323. The number of fused-ring (bicyclic) bond motifs is 1. The molecule has 0 saturated carbocycles. The number of benzene rings is 1. The van der Waals surface area contributed by atoms with Crippen LogP contribution in [0.2, 0.25) is 0 Å². The van der Waals surface area contributed by atoms with Gasteiger partial charge in [0.15, 0.2) is 0 Å². The average Bonchev–Trinajstić information content (AvgIpc) is 3.31. The van der Waals surface area contributed by atoms with Crippen LogP contribution in [0.3, 0.4) is 0 Å². The lowest BCUT2D eigenvalue weighted by atomic mass is 9.74. The van der Waals surface area contributed by atoms with Crippen LogP contribution >= 0.6 is 0 Å². The number of nitrogens with one attached hydrogen (secondary N) is 1. The van der Waals surface area contributed by atoms with Crippen molar-refractivity contribution in [1.29, 1.82) is 0 Å². The van der Waals surface area contributed by atoms with Crippen LogP contribution in [0.4, 0.5) is 0 Å². The van der Waals surface area contributed by atoms with Crippen LogP contribution in [-0.4, -0.2) is 42.7 Å². The van der Waals surface area contributed by atoms with Crippen molar-refractivity contribution >= 4 is 10.2 Å². The molecular formula is C20H28N4O3S. The van der Waals surface area contributed by atoms with Gasteiger partial charge in [0, 0.05) is 24.3 Å². The minimum Gasteiger partial charge on any atom is -0.497 e. The normalized spacial score (nSPS) is 22.2. The highest BCUT2D eigenvalue weighted by Gasteiger charge is 2.38. The third-order valence-electron chi connectivity index (χ3n) is 5.69. The van der Waals surface area contributed by atoms with Gasteiger partial charge in [-0.05, 0) is 55.4 Å². The quantitative estimate of drug-likeness (QED) is 0.831. The number of nitrogens with zero attached hydrogens (tertiary/aromatic N) is 3. The predicted molar refractivity (Wildman–Crippen MR) is 108 cm³/mol. The molecule has 2 aliphatic rings. The van der Waals surface area contributed by atoms with Gasteiger partial charge in [-0.1, -0.05) is 13.8 Å². The van der Waals surface area contributed by atoms with Crippen LogP contribution in [0.15, 0.2) is 30.5 Å². The molecule has 1 aromatic heterocycles. The Morgan fingerprint density at radius 3 is 2.50 bits per heavy atom. The van der Waals surface area contributed by atoms with Gasteiger partial charge in [-0.15, -0.1) is 0 Å². The molecule has 0 amide bonds. The Balaban J connectivity index is 1.67. The molecule has 1 aromatic carbocycles. The Hall–Kier alpha value is -1.90. The molecule has 0 bridgehead atoms. The van der Waals surface area contributed by atoms with Gasteiger partial charge in [-0.2, -0.15) is 22.5 Å². The van der Waals surface area contributed by atoms with Crippen molar-refractivity contribution in [2.75, 3.05) is 20.2 Å². The maximum Gasteiger partial charge on any atom is 0.280 e. The lowest BCUT2D eigenvalue weighted by molar-refractivity contribution is 0.266. The topological polar surface area (TPSA) is 76.5 Å². The molecular weight excluding hydrogens is 376 g/mol. The molecule has 2 heterocycles. The third kappa shape index (κ3) is 3.68. The van der Waals surface area contributed by atoms with E-state index in [2.05, 4.69) is 23.7 Å². The molecule has 0 radical (unpaired) electrons. The van der Waals surface area contributed by atoms with E-state index in [0.717, 1.165) is 48.4 Å².